The Hall–Kier alpha value is -1.71. The second-order valence-corrected chi connectivity index (χ2v) is 5.53. The van der Waals surface area contributed by atoms with Gasteiger partial charge in [-0.3, -0.25) is 4.98 Å². The lowest BCUT2D eigenvalue weighted by Gasteiger charge is -2.18. The third-order valence-corrected chi connectivity index (χ3v) is 4.41. The molecule has 0 radical (unpaired) electrons. The maximum atomic E-state index is 4.56. The van der Waals surface area contributed by atoms with Crippen molar-refractivity contribution >= 4 is 21.4 Å². The van der Waals surface area contributed by atoms with Gasteiger partial charge in [-0.1, -0.05) is 24.3 Å². The van der Waals surface area contributed by atoms with Crippen LogP contribution in [0.2, 0.25) is 0 Å². The summed E-state index contributed by atoms with van der Waals surface area (Å²) in [6, 6.07) is 12.9. The van der Waals surface area contributed by atoms with Crippen molar-refractivity contribution in [1.82, 2.24) is 10.3 Å². The zero-order valence-electron chi connectivity index (χ0n) is 11.1. The maximum absolute atomic E-state index is 4.56. The van der Waals surface area contributed by atoms with Crippen LogP contribution in [0.25, 0.3) is 10.1 Å². The molecule has 0 bridgehead atoms. The number of benzene rings is 1. The van der Waals surface area contributed by atoms with Crippen LogP contribution < -0.4 is 5.32 Å². The smallest absolute Gasteiger partial charge is 0.0765 e. The Morgan fingerprint density at radius 3 is 2.84 bits per heavy atom. The highest BCUT2D eigenvalue weighted by atomic mass is 32.1. The molecule has 1 unspecified atom stereocenters. The fourth-order valence-corrected chi connectivity index (χ4v) is 3.43. The molecule has 1 atom stereocenters. The fourth-order valence-electron chi connectivity index (χ4n) is 2.48. The van der Waals surface area contributed by atoms with Crippen LogP contribution in [0.4, 0.5) is 0 Å². The number of hydrogen-bond acceptors (Lipinski definition) is 3. The van der Waals surface area contributed by atoms with E-state index in [0.29, 0.717) is 0 Å². The molecule has 0 aliphatic rings. The Bertz CT molecular complexity index is 703. The summed E-state index contributed by atoms with van der Waals surface area (Å²) in [6.45, 7) is 2.11. The SMILES string of the molecule is CNC(c1ncccc1C)c1cccc2ccsc12. The van der Waals surface area contributed by atoms with Crippen molar-refractivity contribution in [1.29, 1.82) is 0 Å². The molecule has 96 valence electrons. The molecule has 0 amide bonds. The summed E-state index contributed by atoms with van der Waals surface area (Å²) in [7, 11) is 1.99. The standard InChI is InChI=1S/C16H16N2S/c1-11-5-4-9-18-14(11)15(17-2)13-7-3-6-12-8-10-19-16(12)13/h3-10,15,17H,1-2H3. The van der Waals surface area contributed by atoms with Crippen LogP contribution in [0, 0.1) is 6.92 Å². The molecule has 3 rings (SSSR count). The highest BCUT2D eigenvalue weighted by Gasteiger charge is 2.18. The van der Waals surface area contributed by atoms with Crippen molar-refractivity contribution in [2.24, 2.45) is 0 Å². The largest absolute Gasteiger partial charge is 0.308 e. The Labute approximate surface area is 117 Å². The minimum absolute atomic E-state index is 0.142. The number of thiophene rings is 1. The van der Waals surface area contributed by atoms with E-state index in [1.807, 2.05) is 19.3 Å². The molecule has 3 heteroatoms. The summed E-state index contributed by atoms with van der Waals surface area (Å²) in [5.74, 6) is 0. The molecule has 0 saturated heterocycles. The van der Waals surface area contributed by atoms with E-state index in [2.05, 4.69) is 52.9 Å². The van der Waals surface area contributed by atoms with Gasteiger partial charge in [0.05, 0.1) is 11.7 Å². The van der Waals surface area contributed by atoms with Crippen LogP contribution in [0.1, 0.15) is 22.9 Å². The Kier molecular flexibility index (Phi) is 3.32. The van der Waals surface area contributed by atoms with Gasteiger partial charge in [-0.25, -0.2) is 0 Å². The summed E-state index contributed by atoms with van der Waals surface area (Å²) < 4.78 is 1.34. The summed E-state index contributed by atoms with van der Waals surface area (Å²) >= 11 is 1.79. The zero-order chi connectivity index (χ0) is 13.2. The number of hydrogen-bond donors (Lipinski definition) is 1. The number of nitrogens with zero attached hydrogens (tertiary/aromatic N) is 1. The van der Waals surface area contributed by atoms with E-state index in [9.17, 15) is 0 Å². The van der Waals surface area contributed by atoms with Crippen LogP contribution >= 0.6 is 11.3 Å². The molecule has 19 heavy (non-hydrogen) atoms. The van der Waals surface area contributed by atoms with Crippen molar-refractivity contribution in [3.8, 4) is 0 Å². The lowest BCUT2D eigenvalue weighted by atomic mass is 9.99. The van der Waals surface area contributed by atoms with E-state index in [4.69, 9.17) is 0 Å². The number of rotatable bonds is 3. The Morgan fingerprint density at radius 1 is 1.16 bits per heavy atom. The van der Waals surface area contributed by atoms with Crippen molar-refractivity contribution in [2.75, 3.05) is 7.05 Å². The lowest BCUT2D eigenvalue weighted by molar-refractivity contribution is 0.671. The summed E-state index contributed by atoms with van der Waals surface area (Å²) in [6.07, 6.45) is 1.86. The van der Waals surface area contributed by atoms with Crippen LogP contribution in [0.5, 0.6) is 0 Å². The number of pyridine rings is 1. The van der Waals surface area contributed by atoms with E-state index in [1.54, 1.807) is 11.3 Å². The van der Waals surface area contributed by atoms with Crippen molar-refractivity contribution in [3.05, 3.63) is 64.8 Å². The Morgan fingerprint density at radius 2 is 2.05 bits per heavy atom. The third-order valence-electron chi connectivity index (χ3n) is 3.43. The van der Waals surface area contributed by atoms with Crippen LogP contribution in [-0.4, -0.2) is 12.0 Å². The molecule has 0 fully saturated rings. The highest BCUT2D eigenvalue weighted by molar-refractivity contribution is 7.17. The summed E-state index contributed by atoms with van der Waals surface area (Å²) in [5, 5.41) is 6.85. The van der Waals surface area contributed by atoms with Crippen LogP contribution in [-0.2, 0) is 0 Å². The average molecular weight is 268 g/mol. The predicted molar refractivity (Wildman–Crippen MR) is 81.7 cm³/mol. The first kappa shape index (κ1) is 12.3. The minimum Gasteiger partial charge on any atom is -0.308 e. The van der Waals surface area contributed by atoms with Gasteiger partial charge in [0, 0.05) is 10.9 Å². The molecule has 0 aliphatic heterocycles. The molecule has 1 aromatic carbocycles. The zero-order valence-corrected chi connectivity index (χ0v) is 11.9. The van der Waals surface area contributed by atoms with E-state index in [-0.39, 0.29) is 6.04 Å². The van der Waals surface area contributed by atoms with Gasteiger partial charge in [-0.2, -0.15) is 0 Å². The van der Waals surface area contributed by atoms with Crippen molar-refractivity contribution < 1.29 is 0 Å². The van der Waals surface area contributed by atoms with Gasteiger partial charge in [0.2, 0.25) is 0 Å². The molecule has 3 aromatic rings. The molecule has 2 heterocycles. The van der Waals surface area contributed by atoms with Gasteiger partial charge >= 0.3 is 0 Å². The van der Waals surface area contributed by atoms with E-state index in [1.165, 1.54) is 21.2 Å². The van der Waals surface area contributed by atoms with Crippen LogP contribution in [0.3, 0.4) is 0 Å². The van der Waals surface area contributed by atoms with Gasteiger partial charge < -0.3 is 5.32 Å². The maximum Gasteiger partial charge on any atom is 0.0765 e. The van der Waals surface area contributed by atoms with Crippen molar-refractivity contribution in [3.63, 3.8) is 0 Å². The summed E-state index contributed by atoms with van der Waals surface area (Å²) in [5.41, 5.74) is 3.62. The summed E-state index contributed by atoms with van der Waals surface area (Å²) in [4.78, 5) is 4.56. The predicted octanol–water partition coefficient (Wildman–Crippen LogP) is 3.91. The average Bonchev–Trinajstić information content (AvgIpc) is 2.91. The molecule has 2 aromatic heterocycles. The van der Waals surface area contributed by atoms with Gasteiger partial charge in [0.15, 0.2) is 0 Å². The van der Waals surface area contributed by atoms with Gasteiger partial charge in [0.25, 0.3) is 0 Å². The third kappa shape index (κ3) is 2.15. The van der Waals surface area contributed by atoms with Crippen molar-refractivity contribution in [2.45, 2.75) is 13.0 Å². The fraction of sp³-hybridized carbons (Fsp3) is 0.188. The molecular weight excluding hydrogens is 252 g/mol. The van der Waals surface area contributed by atoms with Gasteiger partial charge in [0.1, 0.15) is 0 Å². The van der Waals surface area contributed by atoms with E-state index >= 15 is 0 Å². The quantitative estimate of drug-likeness (QED) is 0.779. The first-order valence-electron chi connectivity index (χ1n) is 6.36. The van der Waals surface area contributed by atoms with Gasteiger partial charge in [-0.15, -0.1) is 11.3 Å². The molecule has 0 aliphatic carbocycles. The number of aromatic nitrogens is 1. The minimum atomic E-state index is 0.142. The second-order valence-electron chi connectivity index (χ2n) is 4.61. The highest BCUT2D eigenvalue weighted by Crippen LogP contribution is 2.32. The number of fused-ring (bicyclic) bond motifs is 1. The monoisotopic (exact) mass is 268 g/mol. The molecular formula is C16H16N2S. The second kappa shape index (κ2) is 5.11. The topological polar surface area (TPSA) is 24.9 Å². The molecule has 0 spiro atoms. The molecule has 2 nitrogen and oxygen atoms in total. The van der Waals surface area contributed by atoms with E-state index in [0.717, 1.165) is 5.69 Å². The number of nitrogens with one attached hydrogen (secondary N) is 1. The molecule has 0 saturated carbocycles. The van der Waals surface area contributed by atoms with E-state index < -0.39 is 0 Å². The lowest BCUT2D eigenvalue weighted by Crippen LogP contribution is -2.20. The van der Waals surface area contributed by atoms with Crippen LogP contribution in [0.15, 0.2) is 48.0 Å². The normalized spacial score (nSPS) is 12.7. The van der Waals surface area contributed by atoms with Gasteiger partial charge in [-0.05, 0) is 48.0 Å². The first-order valence-corrected chi connectivity index (χ1v) is 7.24. The molecule has 1 N–H and O–H groups in total. The Balaban J connectivity index is 2.18. The first-order chi connectivity index (χ1) is 9.31. The number of aryl methyl sites for hydroxylation is 1.